The Morgan fingerprint density at radius 2 is 1.26 bits per heavy atom. The van der Waals surface area contributed by atoms with Crippen LogP contribution in [0.3, 0.4) is 0 Å². The van der Waals surface area contributed by atoms with Crippen LogP contribution < -0.4 is 0 Å². The van der Waals surface area contributed by atoms with E-state index < -0.39 is 17.4 Å². The van der Waals surface area contributed by atoms with E-state index in [0.717, 1.165) is 0 Å². The number of hydrogen-bond acceptors (Lipinski definition) is 6. The molecule has 6 heteroatoms. The molecule has 0 saturated heterocycles. The lowest BCUT2D eigenvalue weighted by molar-refractivity contribution is 0.0482. The van der Waals surface area contributed by atoms with Crippen LogP contribution in [0.1, 0.15) is 60.3 Å². The Morgan fingerprint density at radius 1 is 0.870 bits per heavy atom. The molecule has 2 aromatic rings. The van der Waals surface area contributed by atoms with Crippen molar-refractivity contribution in [2.75, 3.05) is 13.2 Å². The normalized spacial score (nSPS) is 11.3. The molecule has 2 rings (SSSR count). The number of furan rings is 2. The van der Waals surface area contributed by atoms with Gasteiger partial charge in [0.1, 0.15) is 11.5 Å². The van der Waals surface area contributed by atoms with Gasteiger partial charge in [0.15, 0.2) is 0 Å². The van der Waals surface area contributed by atoms with E-state index in [2.05, 4.69) is 0 Å². The summed E-state index contributed by atoms with van der Waals surface area (Å²) in [6, 6.07) is 6.51. The van der Waals surface area contributed by atoms with Crippen LogP contribution in [0.25, 0.3) is 0 Å². The minimum atomic E-state index is -0.657. The summed E-state index contributed by atoms with van der Waals surface area (Å²) in [5.41, 5.74) is -0.657. The summed E-state index contributed by atoms with van der Waals surface area (Å²) in [5, 5.41) is 0. The number of rotatable bonds is 6. The lowest BCUT2D eigenvalue weighted by Crippen LogP contribution is -2.17. The second-order valence-corrected chi connectivity index (χ2v) is 5.39. The first kappa shape index (κ1) is 16.9. The maximum absolute atomic E-state index is 11.7. The van der Waals surface area contributed by atoms with Crippen molar-refractivity contribution in [1.29, 1.82) is 0 Å². The van der Waals surface area contributed by atoms with E-state index >= 15 is 0 Å². The third kappa shape index (κ3) is 3.47. The molecule has 0 bridgehead atoms. The molecule has 0 atom stereocenters. The van der Waals surface area contributed by atoms with E-state index in [-0.39, 0.29) is 24.7 Å². The topological polar surface area (TPSA) is 78.9 Å². The van der Waals surface area contributed by atoms with Crippen LogP contribution >= 0.6 is 0 Å². The van der Waals surface area contributed by atoms with Crippen molar-refractivity contribution < 1.29 is 27.9 Å². The van der Waals surface area contributed by atoms with Gasteiger partial charge in [0.25, 0.3) is 0 Å². The Balaban J connectivity index is 2.24. The van der Waals surface area contributed by atoms with Gasteiger partial charge in [-0.3, -0.25) is 0 Å². The summed E-state index contributed by atoms with van der Waals surface area (Å²) in [5.74, 6) is 0.303. The smallest absolute Gasteiger partial charge is 0.374 e. The second-order valence-electron chi connectivity index (χ2n) is 5.39. The molecule has 0 spiro atoms. The van der Waals surface area contributed by atoms with Crippen molar-refractivity contribution in [2.24, 2.45) is 0 Å². The van der Waals surface area contributed by atoms with E-state index in [4.69, 9.17) is 18.3 Å². The Bertz CT molecular complexity index is 633. The lowest BCUT2D eigenvalue weighted by atomic mass is 9.87. The third-order valence-electron chi connectivity index (χ3n) is 3.40. The maximum Gasteiger partial charge on any atom is 0.374 e. The van der Waals surface area contributed by atoms with Gasteiger partial charge in [-0.2, -0.15) is 0 Å². The highest BCUT2D eigenvalue weighted by Gasteiger charge is 2.32. The van der Waals surface area contributed by atoms with Gasteiger partial charge in [0.2, 0.25) is 11.5 Å². The Hall–Kier alpha value is -2.50. The number of carbonyl (C=O) groups excluding carboxylic acids is 2. The van der Waals surface area contributed by atoms with Crippen molar-refractivity contribution in [2.45, 2.75) is 33.1 Å². The van der Waals surface area contributed by atoms with Gasteiger partial charge < -0.3 is 18.3 Å². The van der Waals surface area contributed by atoms with Gasteiger partial charge in [-0.05, 0) is 52.0 Å². The van der Waals surface area contributed by atoms with Gasteiger partial charge in [-0.1, -0.05) is 0 Å². The molecule has 0 aromatic carbocycles. The Kier molecular flexibility index (Phi) is 4.93. The highest BCUT2D eigenvalue weighted by atomic mass is 16.5. The van der Waals surface area contributed by atoms with Crippen LogP contribution in [0.5, 0.6) is 0 Å². The quantitative estimate of drug-likeness (QED) is 0.757. The Labute approximate surface area is 134 Å². The first-order chi connectivity index (χ1) is 10.9. The van der Waals surface area contributed by atoms with Crippen LogP contribution in [0, 0.1) is 0 Å². The number of ether oxygens (including phenoxy) is 2. The molecular weight excluding hydrogens is 300 g/mol. The van der Waals surface area contributed by atoms with Crippen LogP contribution in [-0.4, -0.2) is 25.2 Å². The number of hydrogen-bond donors (Lipinski definition) is 0. The molecular formula is C17H20O6. The SMILES string of the molecule is CCOC(=O)c1ccc(C(C)(C)c2ccc(C(=O)OCC)o2)o1. The molecule has 0 aliphatic heterocycles. The van der Waals surface area contributed by atoms with Crippen molar-refractivity contribution in [3.8, 4) is 0 Å². The van der Waals surface area contributed by atoms with Crippen LogP contribution in [-0.2, 0) is 14.9 Å². The van der Waals surface area contributed by atoms with Gasteiger partial charge in [0.05, 0.1) is 18.6 Å². The van der Waals surface area contributed by atoms with Crippen LogP contribution in [0.4, 0.5) is 0 Å². The maximum atomic E-state index is 11.7. The lowest BCUT2D eigenvalue weighted by Gasteiger charge is -2.19. The average molecular weight is 320 g/mol. The number of esters is 2. The van der Waals surface area contributed by atoms with E-state index in [9.17, 15) is 9.59 Å². The predicted molar refractivity (Wildman–Crippen MR) is 81.5 cm³/mol. The molecule has 23 heavy (non-hydrogen) atoms. The molecule has 0 amide bonds. The van der Waals surface area contributed by atoms with E-state index in [0.29, 0.717) is 11.5 Å². The summed E-state index contributed by atoms with van der Waals surface area (Å²) in [6.07, 6.45) is 0. The summed E-state index contributed by atoms with van der Waals surface area (Å²) in [7, 11) is 0. The minimum absolute atomic E-state index is 0.132. The van der Waals surface area contributed by atoms with E-state index in [1.807, 2.05) is 13.8 Å². The van der Waals surface area contributed by atoms with Gasteiger partial charge >= 0.3 is 11.9 Å². The van der Waals surface area contributed by atoms with E-state index in [1.165, 1.54) is 0 Å². The zero-order valence-electron chi connectivity index (χ0n) is 13.7. The summed E-state index contributed by atoms with van der Waals surface area (Å²) in [4.78, 5) is 23.4. The zero-order valence-corrected chi connectivity index (χ0v) is 13.7. The van der Waals surface area contributed by atoms with Crippen LogP contribution in [0.15, 0.2) is 33.1 Å². The minimum Gasteiger partial charge on any atom is -0.460 e. The van der Waals surface area contributed by atoms with Gasteiger partial charge in [-0.25, -0.2) is 9.59 Å². The van der Waals surface area contributed by atoms with Crippen LogP contribution in [0.2, 0.25) is 0 Å². The fraction of sp³-hybridized carbons (Fsp3) is 0.412. The van der Waals surface area contributed by atoms with Gasteiger partial charge in [0, 0.05) is 0 Å². The molecule has 2 heterocycles. The molecule has 0 aliphatic carbocycles. The first-order valence-corrected chi connectivity index (χ1v) is 7.45. The fourth-order valence-corrected chi connectivity index (χ4v) is 2.09. The van der Waals surface area contributed by atoms with Crippen molar-refractivity contribution >= 4 is 11.9 Å². The fourth-order valence-electron chi connectivity index (χ4n) is 2.09. The molecule has 0 saturated carbocycles. The van der Waals surface area contributed by atoms with Crippen molar-refractivity contribution in [3.63, 3.8) is 0 Å². The average Bonchev–Trinajstić information content (AvgIpc) is 3.18. The van der Waals surface area contributed by atoms with Crippen molar-refractivity contribution in [1.82, 2.24) is 0 Å². The summed E-state index contributed by atoms with van der Waals surface area (Å²) < 4.78 is 21.0. The molecule has 0 radical (unpaired) electrons. The van der Waals surface area contributed by atoms with Gasteiger partial charge in [-0.15, -0.1) is 0 Å². The standard InChI is InChI=1S/C17H20O6/c1-5-20-15(18)11-7-9-13(22-11)17(3,4)14-10-8-12(23-14)16(19)21-6-2/h7-10H,5-6H2,1-4H3. The molecule has 124 valence electrons. The highest BCUT2D eigenvalue weighted by molar-refractivity contribution is 5.87. The number of carbonyl (C=O) groups is 2. The molecule has 0 unspecified atom stereocenters. The molecule has 6 nitrogen and oxygen atoms in total. The molecule has 2 aromatic heterocycles. The zero-order chi connectivity index (χ0) is 17.0. The molecule has 0 fully saturated rings. The predicted octanol–water partition coefficient (Wildman–Crippen LogP) is 3.55. The van der Waals surface area contributed by atoms with Crippen molar-refractivity contribution in [3.05, 3.63) is 47.3 Å². The highest BCUT2D eigenvalue weighted by Crippen LogP contribution is 2.34. The molecule has 0 N–H and O–H groups in total. The first-order valence-electron chi connectivity index (χ1n) is 7.45. The summed E-state index contributed by atoms with van der Waals surface area (Å²) >= 11 is 0. The third-order valence-corrected chi connectivity index (χ3v) is 3.40. The largest absolute Gasteiger partial charge is 0.460 e. The van der Waals surface area contributed by atoms with E-state index in [1.54, 1.807) is 38.1 Å². The Morgan fingerprint density at radius 3 is 1.61 bits per heavy atom. The second kappa shape index (κ2) is 6.73. The summed E-state index contributed by atoms with van der Waals surface area (Å²) in [6.45, 7) is 7.75. The molecule has 0 aliphatic rings. The monoisotopic (exact) mass is 320 g/mol.